The van der Waals surface area contributed by atoms with E-state index >= 15 is 0 Å². The van der Waals surface area contributed by atoms with Crippen molar-refractivity contribution in [3.8, 4) is 0 Å². The molecule has 0 aliphatic rings. The normalized spacial score (nSPS) is 13.7. The highest BCUT2D eigenvalue weighted by molar-refractivity contribution is 7.09. The van der Waals surface area contributed by atoms with Crippen LogP contribution in [0.5, 0.6) is 0 Å². The second-order valence-electron chi connectivity index (χ2n) is 5.26. The van der Waals surface area contributed by atoms with Crippen molar-refractivity contribution in [2.24, 2.45) is 0 Å². The number of rotatable bonds is 6. The molecule has 98 valence electrons. The molecule has 0 bridgehead atoms. The van der Waals surface area contributed by atoms with Crippen LogP contribution in [-0.2, 0) is 10.2 Å². The van der Waals surface area contributed by atoms with Crippen molar-refractivity contribution in [3.05, 3.63) is 5.82 Å². The first-order valence-electron chi connectivity index (χ1n) is 6.07. The zero-order chi connectivity index (χ0) is 12.9. The van der Waals surface area contributed by atoms with Crippen molar-refractivity contribution in [2.75, 3.05) is 19.0 Å². The molecule has 17 heavy (non-hydrogen) atoms. The van der Waals surface area contributed by atoms with Crippen molar-refractivity contribution >= 4 is 16.7 Å². The third-order valence-electron chi connectivity index (χ3n) is 2.43. The Hall–Kier alpha value is -0.680. The fourth-order valence-electron chi connectivity index (χ4n) is 1.51. The molecule has 1 rings (SSSR count). The first kappa shape index (κ1) is 14.4. The van der Waals surface area contributed by atoms with Gasteiger partial charge in [-0.15, -0.1) is 0 Å². The topological polar surface area (TPSA) is 47.0 Å². The van der Waals surface area contributed by atoms with Crippen LogP contribution in [0.1, 0.15) is 46.4 Å². The Morgan fingerprint density at radius 3 is 2.59 bits per heavy atom. The lowest BCUT2D eigenvalue weighted by molar-refractivity contribution is 0.182. The van der Waals surface area contributed by atoms with E-state index < -0.39 is 0 Å². The van der Waals surface area contributed by atoms with E-state index in [1.807, 2.05) is 0 Å². The molecule has 0 aromatic carbocycles. The summed E-state index contributed by atoms with van der Waals surface area (Å²) in [4.78, 5) is 4.53. The Morgan fingerprint density at radius 2 is 2.12 bits per heavy atom. The molecule has 5 heteroatoms. The molecule has 1 unspecified atom stereocenters. The van der Waals surface area contributed by atoms with Gasteiger partial charge in [0, 0.05) is 24.1 Å². The lowest BCUT2D eigenvalue weighted by atomic mass is 9.96. The maximum atomic E-state index is 5.20. The molecule has 0 saturated carbocycles. The van der Waals surface area contributed by atoms with E-state index in [2.05, 4.69) is 42.4 Å². The van der Waals surface area contributed by atoms with Gasteiger partial charge in [0.1, 0.15) is 5.82 Å². The van der Waals surface area contributed by atoms with Gasteiger partial charge in [0.05, 0.1) is 12.6 Å². The molecule has 0 amide bonds. The van der Waals surface area contributed by atoms with E-state index in [1.165, 1.54) is 11.5 Å². The molecular formula is C12H23N3OS. The molecule has 0 spiro atoms. The molecule has 1 aromatic heterocycles. The molecule has 1 atom stereocenters. The quantitative estimate of drug-likeness (QED) is 0.851. The van der Waals surface area contributed by atoms with Crippen LogP contribution < -0.4 is 5.32 Å². The molecule has 1 heterocycles. The summed E-state index contributed by atoms with van der Waals surface area (Å²) in [7, 11) is 1.73. The van der Waals surface area contributed by atoms with Crippen molar-refractivity contribution in [1.29, 1.82) is 0 Å². The Kier molecular flexibility index (Phi) is 5.33. The Bertz CT molecular complexity index is 327. The minimum atomic E-state index is 0.0118. The predicted octanol–water partition coefficient (Wildman–Crippen LogP) is 3.06. The maximum Gasteiger partial charge on any atom is 0.202 e. The van der Waals surface area contributed by atoms with Crippen LogP contribution in [0.15, 0.2) is 0 Å². The minimum Gasteiger partial charge on any atom is -0.383 e. The first-order chi connectivity index (χ1) is 7.97. The predicted molar refractivity (Wildman–Crippen MR) is 72.8 cm³/mol. The monoisotopic (exact) mass is 257 g/mol. The molecule has 1 N–H and O–H groups in total. The average molecular weight is 257 g/mol. The summed E-state index contributed by atoms with van der Waals surface area (Å²) in [5.74, 6) is 0.901. The third-order valence-corrected chi connectivity index (χ3v) is 3.08. The highest BCUT2D eigenvalue weighted by Gasteiger charge is 2.20. The molecule has 4 nitrogen and oxygen atoms in total. The summed E-state index contributed by atoms with van der Waals surface area (Å²) in [5, 5.41) is 4.29. The van der Waals surface area contributed by atoms with E-state index in [0.717, 1.165) is 23.8 Å². The van der Waals surface area contributed by atoms with Gasteiger partial charge in [-0.3, -0.25) is 0 Å². The molecule has 0 aliphatic heterocycles. The van der Waals surface area contributed by atoms with Crippen molar-refractivity contribution < 1.29 is 4.74 Å². The fraction of sp³-hybridized carbons (Fsp3) is 0.833. The summed E-state index contributed by atoms with van der Waals surface area (Å²) in [6.45, 7) is 9.25. The summed E-state index contributed by atoms with van der Waals surface area (Å²) < 4.78 is 9.58. The average Bonchev–Trinajstić information content (AvgIpc) is 2.66. The zero-order valence-corrected chi connectivity index (χ0v) is 12.2. The van der Waals surface area contributed by atoms with Gasteiger partial charge >= 0.3 is 0 Å². The van der Waals surface area contributed by atoms with Crippen LogP contribution >= 0.6 is 11.5 Å². The molecule has 0 radical (unpaired) electrons. The second-order valence-corrected chi connectivity index (χ2v) is 6.01. The van der Waals surface area contributed by atoms with E-state index in [9.17, 15) is 0 Å². The number of hydrogen-bond donors (Lipinski definition) is 1. The SMILES string of the molecule is CCCC(COC)Nc1nc(C(C)(C)C)ns1. The minimum absolute atomic E-state index is 0.0118. The molecule has 0 aliphatic carbocycles. The summed E-state index contributed by atoms with van der Waals surface area (Å²) in [6, 6.07) is 0.325. The Labute approximate surface area is 108 Å². The number of anilines is 1. The number of ether oxygens (including phenoxy) is 1. The van der Waals surface area contributed by atoms with E-state index in [1.54, 1.807) is 7.11 Å². The maximum absolute atomic E-state index is 5.20. The van der Waals surface area contributed by atoms with Crippen LogP contribution in [-0.4, -0.2) is 29.1 Å². The van der Waals surface area contributed by atoms with Gasteiger partial charge in [-0.25, -0.2) is 4.98 Å². The second kappa shape index (κ2) is 6.31. The van der Waals surface area contributed by atoms with Crippen LogP contribution in [0.2, 0.25) is 0 Å². The van der Waals surface area contributed by atoms with E-state index in [0.29, 0.717) is 12.6 Å². The van der Waals surface area contributed by atoms with Crippen molar-refractivity contribution in [1.82, 2.24) is 9.36 Å². The Morgan fingerprint density at radius 1 is 1.41 bits per heavy atom. The van der Waals surface area contributed by atoms with Gasteiger partial charge in [-0.05, 0) is 6.42 Å². The van der Waals surface area contributed by atoms with Crippen LogP contribution in [0, 0.1) is 0 Å². The van der Waals surface area contributed by atoms with Crippen molar-refractivity contribution in [3.63, 3.8) is 0 Å². The summed E-state index contributed by atoms with van der Waals surface area (Å²) >= 11 is 1.43. The lowest BCUT2D eigenvalue weighted by Crippen LogP contribution is -2.24. The standard InChI is InChI=1S/C12H23N3OS/c1-6-7-9(8-16-5)13-11-14-10(15-17-11)12(2,3)4/h9H,6-8H2,1-5H3,(H,13,14,15). The molecular weight excluding hydrogens is 234 g/mol. The van der Waals surface area contributed by atoms with Gasteiger partial charge < -0.3 is 10.1 Å². The van der Waals surface area contributed by atoms with Crippen LogP contribution in [0.3, 0.4) is 0 Å². The van der Waals surface area contributed by atoms with Crippen LogP contribution in [0.25, 0.3) is 0 Å². The molecule has 1 aromatic rings. The number of hydrogen-bond acceptors (Lipinski definition) is 5. The van der Waals surface area contributed by atoms with Crippen LogP contribution in [0.4, 0.5) is 5.13 Å². The highest BCUT2D eigenvalue weighted by Crippen LogP contribution is 2.23. The largest absolute Gasteiger partial charge is 0.383 e. The fourth-order valence-corrected chi connectivity index (χ4v) is 2.34. The smallest absolute Gasteiger partial charge is 0.202 e. The molecule has 0 saturated heterocycles. The number of methoxy groups -OCH3 is 1. The number of nitrogens with one attached hydrogen (secondary N) is 1. The molecule has 0 fully saturated rings. The van der Waals surface area contributed by atoms with Gasteiger partial charge in [-0.2, -0.15) is 4.37 Å². The Balaban J connectivity index is 2.63. The van der Waals surface area contributed by atoms with Gasteiger partial charge in [0.25, 0.3) is 0 Å². The lowest BCUT2D eigenvalue weighted by Gasteiger charge is -2.16. The van der Waals surface area contributed by atoms with Crippen molar-refractivity contribution in [2.45, 2.75) is 52.0 Å². The third kappa shape index (κ3) is 4.60. The number of nitrogens with zero attached hydrogens (tertiary/aromatic N) is 2. The van der Waals surface area contributed by atoms with Gasteiger partial charge in [-0.1, -0.05) is 34.1 Å². The highest BCUT2D eigenvalue weighted by atomic mass is 32.1. The summed E-state index contributed by atoms with van der Waals surface area (Å²) in [6.07, 6.45) is 2.21. The zero-order valence-electron chi connectivity index (χ0n) is 11.4. The number of aromatic nitrogens is 2. The van der Waals surface area contributed by atoms with Gasteiger partial charge in [0.15, 0.2) is 0 Å². The van der Waals surface area contributed by atoms with E-state index in [4.69, 9.17) is 4.74 Å². The first-order valence-corrected chi connectivity index (χ1v) is 6.84. The summed E-state index contributed by atoms with van der Waals surface area (Å²) in [5.41, 5.74) is 0.0118. The van der Waals surface area contributed by atoms with Gasteiger partial charge in [0.2, 0.25) is 5.13 Å². The van der Waals surface area contributed by atoms with E-state index in [-0.39, 0.29) is 5.41 Å².